The van der Waals surface area contributed by atoms with Gasteiger partial charge in [0.05, 0.1) is 18.5 Å². The van der Waals surface area contributed by atoms with Crippen molar-refractivity contribution >= 4 is 38.9 Å². The zero-order valence-electron chi connectivity index (χ0n) is 16.3. The number of methoxy groups -OCH3 is 1. The van der Waals surface area contributed by atoms with Crippen LogP contribution in [0.5, 0.6) is 11.5 Å². The van der Waals surface area contributed by atoms with E-state index in [-0.39, 0.29) is 23.0 Å². The third-order valence-electron chi connectivity index (χ3n) is 4.06. The Morgan fingerprint density at radius 3 is 2.35 bits per heavy atom. The Morgan fingerprint density at radius 2 is 1.68 bits per heavy atom. The summed E-state index contributed by atoms with van der Waals surface area (Å²) in [7, 11) is -2.71. The number of nitrogens with one attached hydrogen (secondary N) is 2. The number of rotatable bonds is 8. The molecule has 31 heavy (non-hydrogen) atoms. The van der Waals surface area contributed by atoms with E-state index in [1.165, 1.54) is 37.4 Å². The van der Waals surface area contributed by atoms with E-state index in [1.54, 1.807) is 24.3 Å². The number of benzene rings is 3. The minimum absolute atomic E-state index is 0.0189. The van der Waals surface area contributed by atoms with Crippen molar-refractivity contribution in [1.82, 2.24) is 0 Å². The van der Waals surface area contributed by atoms with E-state index in [0.29, 0.717) is 11.5 Å². The summed E-state index contributed by atoms with van der Waals surface area (Å²) >= 11 is 5.98. The minimum atomic E-state index is -4.24. The second-order valence-corrected chi connectivity index (χ2v) is 8.33. The number of amides is 1. The molecule has 0 heterocycles. The number of hydrogen-bond donors (Lipinski definition) is 2. The molecule has 0 bridgehead atoms. The second kappa shape index (κ2) is 9.67. The van der Waals surface area contributed by atoms with Crippen LogP contribution in [0.2, 0.25) is 5.02 Å². The summed E-state index contributed by atoms with van der Waals surface area (Å²) in [5.41, 5.74) is 0.112. The quantitative estimate of drug-likeness (QED) is 0.518. The van der Waals surface area contributed by atoms with Crippen molar-refractivity contribution in [3.63, 3.8) is 0 Å². The molecule has 0 unspecified atom stereocenters. The summed E-state index contributed by atoms with van der Waals surface area (Å²) in [6.45, 7) is -0.335. The van der Waals surface area contributed by atoms with E-state index >= 15 is 0 Å². The van der Waals surface area contributed by atoms with Gasteiger partial charge in [0.15, 0.2) is 6.61 Å². The summed E-state index contributed by atoms with van der Waals surface area (Å²) < 4.78 is 51.8. The van der Waals surface area contributed by atoms with Crippen molar-refractivity contribution in [1.29, 1.82) is 0 Å². The molecule has 0 saturated heterocycles. The van der Waals surface area contributed by atoms with Gasteiger partial charge in [-0.3, -0.25) is 9.52 Å². The van der Waals surface area contributed by atoms with Crippen LogP contribution in [0.4, 0.5) is 15.8 Å². The van der Waals surface area contributed by atoms with Crippen molar-refractivity contribution in [3.05, 3.63) is 77.6 Å². The number of carbonyl (C=O) groups excluding carboxylic acids is 1. The molecule has 3 rings (SSSR count). The number of halogens is 2. The van der Waals surface area contributed by atoms with E-state index in [9.17, 15) is 17.6 Å². The van der Waals surface area contributed by atoms with Crippen LogP contribution in [0.15, 0.2) is 71.6 Å². The largest absolute Gasteiger partial charge is 0.497 e. The highest BCUT2D eigenvalue weighted by atomic mass is 35.5. The lowest BCUT2D eigenvalue weighted by Crippen LogP contribution is -2.22. The van der Waals surface area contributed by atoms with Gasteiger partial charge in [0.2, 0.25) is 0 Å². The van der Waals surface area contributed by atoms with Crippen LogP contribution in [0.1, 0.15) is 0 Å². The molecule has 0 aliphatic heterocycles. The molecule has 3 aromatic carbocycles. The van der Waals surface area contributed by atoms with Gasteiger partial charge >= 0.3 is 0 Å². The maximum Gasteiger partial charge on any atom is 0.264 e. The number of carbonyl (C=O) groups is 1. The van der Waals surface area contributed by atoms with Gasteiger partial charge in [-0.1, -0.05) is 23.7 Å². The Balaban J connectivity index is 1.73. The fraction of sp³-hybridized carbons (Fsp3) is 0.0952. The topological polar surface area (TPSA) is 93.7 Å². The monoisotopic (exact) mass is 464 g/mol. The fourth-order valence-corrected chi connectivity index (χ4v) is 3.91. The molecule has 0 fully saturated rings. The van der Waals surface area contributed by atoms with Gasteiger partial charge in [-0.2, -0.15) is 0 Å². The van der Waals surface area contributed by atoms with E-state index < -0.39 is 26.6 Å². The van der Waals surface area contributed by atoms with Crippen molar-refractivity contribution in [2.45, 2.75) is 4.90 Å². The smallest absolute Gasteiger partial charge is 0.264 e. The van der Waals surface area contributed by atoms with Gasteiger partial charge in [0.25, 0.3) is 15.9 Å². The molecule has 162 valence electrons. The first-order chi connectivity index (χ1) is 14.8. The maximum absolute atomic E-state index is 13.9. The predicted octanol–water partition coefficient (Wildman–Crippen LogP) is 4.31. The molecule has 0 radical (unpaired) electrons. The van der Waals surface area contributed by atoms with E-state index in [1.807, 2.05) is 0 Å². The molecule has 0 aliphatic rings. The molecular formula is C21H18ClFN2O5S. The molecule has 0 atom stereocenters. The lowest BCUT2D eigenvalue weighted by atomic mass is 10.2. The summed E-state index contributed by atoms with van der Waals surface area (Å²) in [5, 5.41) is 2.80. The lowest BCUT2D eigenvalue weighted by Gasteiger charge is -2.15. The Kier molecular flexibility index (Phi) is 6.98. The Morgan fingerprint density at radius 1 is 1.00 bits per heavy atom. The molecule has 0 saturated carbocycles. The van der Waals surface area contributed by atoms with Crippen LogP contribution < -0.4 is 19.5 Å². The molecule has 1 amide bonds. The van der Waals surface area contributed by atoms with E-state index in [0.717, 1.165) is 12.1 Å². The predicted molar refractivity (Wildman–Crippen MR) is 116 cm³/mol. The van der Waals surface area contributed by atoms with Crippen LogP contribution in [0, 0.1) is 5.82 Å². The van der Waals surface area contributed by atoms with Crippen LogP contribution in [-0.4, -0.2) is 28.0 Å². The average molecular weight is 465 g/mol. The first kappa shape index (κ1) is 22.4. The van der Waals surface area contributed by atoms with Gasteiger partial charge in [-0.05, 0) is 54.6 Å². The van der Waals surface area contributed by atoms with E-state index in [4.69, 9.17) is 21.1 Å². The highest BCUT2D eigenvalue weighted by Crippen LogP contribution is 2.29. The van der Waals surface area contributed by atoms with Gasteiger partial charge in [-0.15, -0.1) is 0 Å². The van der Waals surface area contributed by atoms with Crippen molar-refractivity contribution in [3.8, 4) is 11.5 Å². The molecular weight excluding hydrogens is 447 g/mol. The lowest BCUT2D eigenvalue weighted by molar-refractivity contribution is -0.118. The fourth-order valence-electron chi connectivity index (χ4n) is 2.58. The zero-order valence-corrected chi connectivity index (χ0v) is 17.8. The molecule has 0 aliphatic carbocycles. The number of sulfonamides is 1. The first-order valence-corrected chi connectivity index (χ1v) is 10.8. The highest BCUT2D eigenvalue weighted by Gasteiger charge is 2.20. The van der Waals surface area contributed by atoms with Crippen molar-refractivity contribution in [2.75, 3.05) is 23.8 Å². The summed E-state index contributed by atoms with van der Waals surface area (Å²) in [6, 6.07) is 15.8. The number of ether oxygens (including phenoxy) is 2. The summed E-state index contributed by atoms with van der Waals surface area (Å²) in [4.78, 5) is 11.8. The van der Waals surface area contributed by atoms with Gasteiger partial charge in [-0.25, -0.2) is 12.8 Å². The zero-order chi connectivity index (χ0) is 22.4. The van der Waals surface area contributed by atoms with E-state index in [2.05, 4.69) is 10.0 Å². The molecule has 2 N–H and O–H groups in total. The number of anilines is 2. The minimum Gasteiger partial charge on any atom is -0.497 e. The normalized spacial score (nSPS) is 10.9. The van der Waals surface area contributed by atoms with Crippen molar-refractivity contribution < 1.29 is 27.1 Å². The Bertz CT molecular complexity index is 1190. The highest BCUT2D eigenvalue weighted by molar-refractivity contribution is 7.92. The van der Waals surface area contributed by atoms with Crippen LogP contribution in [-0.2, 0) is 14.8 Å². The number of hydrogen-bond acceptors (Lipinski definition) is 5. The van der Waals surface area contributed by atoms with Crippen LogP contribution >= 0.6 is 11.6 Å². The first-order valence-electron chi connectivity index (χ1n) is 8.92. The van der Waals surface area contributed by atoms with Gasteiger partial charge < -0.3 is 14.8 Å². The second-order valence-electron chi connectivity index (χ2n) is 6.24. The summed E-state index contributed by atoms with van der Waals surface area (Å²) in [5.74, 6) is -0.364. The molecule has 0 spiro atoms. The van der Waals surface area contributed by atoms with Crippen LogP contribution in [0.25, 0.3) is 0 Å². The average Bonchev–Trinajstić information content (AvgIpc) is 2.74. The van der Waals surface area contributed by atoms with Gasteiger partial charge in [0.1, 0.15) is 22.2 Å². The standard InChI is InChI=1S/C21H18ClFN2O5S/c1-29-15-7-9-16(10-8-15)30-13-21(26)24-19-12-14(22)6-11-18(19)25-31(27,28)20-5-3-2-4-17(20)23/h2-12,25H,13H2,1H3,(H,24,26). The van der Waals surface area contributed by atoms with Gasteiger partial charge in [0, 0.05) is 5.02 Å². The third kappa shape index (κ3) is 5.87. The summed E-state index contributed by atoms with van der Waals surface area (Å²) in [6.07, 6.45) is 0. The Hall–Kier alpha value is -3.30. The Labute approximate surface area is 183 Å². The SMILES string of the molecule is COc1ccc(OCC(=O)Nc2cc(Cl)ccc2NS(=O)(=O)c2ccccc2F)cc1. The molecule has 3 aromatic rings. The molecule has 0 aromatic heterocycles. The van der Waals surface area contributed by atoms with Crippen molar-refractivity contribution in [2.24, 2.45) is 0 Å². The maximum atomic E-state index is 13.9. The molecule has 10 heteroatoms. The third-order valence-corrected chi connectivity index (χ3v) is 5.69. The van der Waals surface area contributed by atoms with Crippen LogP contribution in [0.3, 0.4) is 0 Å². The molecule has 7 nitrogen and oxygen atoms in total.